The molecule has 0 saturated heterocycles. The molecule has 1 aromatic carbocycles. The lowest BCUT2D eigenvalue weighted by atomic mass is 10.3. The number of non-ortho nitro benzene ring substituents is 1. The van der Waals surface area contributed by atoms with E-state index in [9.17, 15) is 32.3 Å². The van der Waals surface area contributed by atoms with Gasteiger partial charge in [-0.05, 0) is 25.0 Å². The monoisotopic (exact) mass is 322 g/mol. The van der Waals surface area contributed by atoms with E-state index in [0.717, 1.165) is 24.3 Å². The maximum atomic E-state index is 12.6. The summed E-state index contributed by atoms with van der Waals surface area (Å²) in [5.41, 5.74) is -0.293. The fourth-order valence-electron chi connectivity index (χ4n) is 1.64. The Bertz CT molecular complexity index is 701. The molecule has 1 aromatic rings. The van der Waals surface area contributed by atoms with Crippen LogP contribution < -0.4 is 0 Å². The summed E-state index contributed by atoms with van der Waals surface area (Å²) >= 11 is 0. The highest BCUT2D eigenvalue weighted by Crippen LogP contribution is 2.36. The van der Waals surface area contributed by atoms with Crippen molar-refractivity contribution in [2.75, 3.05) is 0 Å². The van der Waals surface area contributed by atoms with E-state index in [2.05, 4.69) is 4.36 Å². The van der Waals surface area contributed by atoms with Gasteiger partial charge in [0.15, 0.2) is 0 Å². The molecule has 0 spiro atoms. The number of nitro groups is 1. The Morgan fingerprint density at radius 3 is 2.19 bits per heavy atom. The zero-order valence-electron chi connectivity index (χ0n) is 10.4. The van der Waals surface area contributed by atoms with E-state index in [1.165, 1.54) is 0 Å². The second-order valence-corrected chi connectivity index (χ2v) is 6.87. The SMILES string of the molecule is O=C(N=[S@](=O)(c1ccc([N+](=O)[O-])cc1)C1CC1)C(F)(F)F. The number of alkyl halides is 3. The van der Waals surface area contributed by atoms with E-state index in [-0.39, 0.29) is 10.6 Å². The molecule has 1 atom stereocenters. The molecule has 0 N–H and O–H groups in total. The second kappa shape index (κ2) is 5.10. The van der Waals surface area contributed by atoms with E-state index >= 15 is 0 Å². The van der Waals surface area contributed by atoms with Crippen LogP contribution in [0.1, 0.15) is 12.8 Å². The Hall–Kier alpha value is -1.97. The average Bonchev–Trinajstić information content (AvgIpc) is 3.22. The van der Waals surface area contributed by atoms with Crippen LogP contribution >= 0.6 is 0 Å². The highest BCUT2D eigenvalue weighted by atomic mass is 32.2. The molecule has 1 aliphatic carbocycles. The van der Waals surface area contributed by atoms with Gasteiger partial charge in [0.05, 0.1) is 14.7 Å². The first-order valence-electron chi connectivity index (χ1n) is 5.76. The van der Waals surface area contributed by atoms with E-state index in [1.54, 1.807) is 0 Å². The van der Waals surface area contributed by atoms with E-state index in [1.807, 2.05) is 0 Å². The summed E-state index contributed by atoms with van der Waals surface area (Å²) < 4.78 is 52.4. The number of hydrogen-bond donors (Lipinski definition) is 0. The summed E-state index contributed by atoms with van der Waals surface area (Å²) in [5, 5.41) is 9.89. The summed E-state index contributed by atoms with van der Waals surface area (Å²) in [6.07, 6.45) is -4.41. The lowest BCUT2D eigenvalue weighted by Crippen LogP contribution is -2.23. The highest BCUT2D eigenvalue weighted by molar-refractivity contribution is 7.94. The minimum Gasteiger partial charge on any atom is -0.261 e. The van der Waals surface area contributed by atoms with Crippen molar-refractivity contribution in [2.24, 2.45) is 4.36 Å². The van der Waals surface area contributed by atoms with Crippen LogP contribution in [0.15, 0.2) is 33.5 Å². The van der Waals surface area contributed by atoms with Gasteiger partial charge < -0.3 is 0 Å². The van der Waals surface area contributed by atoms with Gasteiger partial charge in [0, 0.05) is 22.3 Å². The first kappa shape index (κ1) is 15.4. The largest absolute Gasteiger partial charge is 0.474 e. The minimum absolute atomic E-state index is 0.104. The lowest BCUT2D eigenvalue weighted by Gasteiger charge is -2.09. The fourth-order valence-corrected chi connectivity index (χ4v) is 3.94. The number of nitrogens with zero attached hydrogens (tertiary/aromatic N) is 2. The number of carbonyl (C=O) groups excluding carboxylic acids is 1. The van der Waals surface area contributed by atoms with Crippen molar-refractivity contribution in [3.05, 3.63) is 34.4 Å². The zero-order chi connectivity index (χ0) is 15.8. The van der Waals surface area contributed by atoms with Gasteiger partial charge in [0.2, 0.25) is 0 Å². The van der Waals surface area contributed by atoms with E-state index < -0.39 is 32.0 Å². The molecule has 10 heteroatoms. The van der Waals surface area contributed by atoms with Crippen molar-refractivity contribution in [3.8, 4) is 0 Å². The number of amides is 1. The molecule has 1 aliphatic rings. The van der Waals surface area contributed by atoms with Crippen molar-refractivity contribution in [1.29, 1.82) is 0 Å². The number of hydrogen-bond acceptors (Lipinski definition) is 4. The number of nitro benzene ring substituents is 1. The van der Waals surface area contributed by atoms with Gasteiger partial charge in [-0.15, -0.1) is 4.36 Å². The molecule has 0 unspecified atom stereocenters. The van der Waals surface area contributed by atoms with Crippen molar-refractivity contribution < 1.29 is 27.1 Å². The molecule has 1 saturated carbocycles. The third-order valence-corrected chi connectivity index (χ3v) is 5.58. The Kier molecular flexibility index (Phi) is 3.74. The standard InChI is InChI=1S/C11H9F3N2O4S/c12-11(13,14)10(17)15-21(20,9-5-6-9)8-3-1-7(2-4-8)16(18)19/h1-4,9H,5-6H2/t21-/m0/s1. The summed E-state index contributed by atoms with van der Waals surface area (Å²) in [6.45, 7) is 0. The van der Waals surface area contributed by atoms with Crippen molar-refractivity contribution in [1.82, 2.24) is 0 Å². The molecular formula is C11H9F3N2O4S. The molecule has 0 aromatic heterocycles. The minimum atomic E-state index is -5.20. The Morgan fingerprint density at radius 2 is 1.81 bits per heavy atom. The summed E-state index contributed by atoms with van der Waals surface area (Å²) in [7, 11) is -3.57. The maximum Gasteiger partial charge on any atom is 0.474 e. The topological polar surface area (TPSA) is 89.6 Å². The molecule has 6 nitrogen and oxygen atoms in total. The molecule has 1 amide bonds. The van der Waals surface area contributed by atoms with Crippen molar-refractivity contribution >= 4 is 21.3 Å². The van der Waals surface area contributed by atoms with Crippen LogP contribution in [0.3, 0.4) is 0 Å². The van der Waals surface area contributed by atoms with Gasteiger partial charge >= 0.3 is 12.1 Å². The number of carbonyl (C=O) groups is 1. The molecule has 21 heavy (non-hydrogen) atoms. The Morgan fingerprint density at radius 1 is 1.29 bits per heavy atom. The average molecular weight is 322 g/mol. The quantitative estimate of drug-likeness (QED) is 0.632. The second-order valence-electron chi connectivity index (χ2n) is 4.41. The van der Waals surface area contributed by atoms with Crippen LogP contribution in [0.25, 0.3) is 0 Å². The van der Waals surface area contributed by atoms with E-state index in [0.29, 0.717) is 12.8 Å². The number of benzene rings is 1. The van der Waals surface area contributed by atoms with Gasteiger partial charge in [0.25, 0.3) is 5.69 Å². The van der Waals surface area contributed by atoms with Gasteiger partial charge in [-0.2, -0.15) is 13.2 Å². The van der Waals surface area contributed by atoms with Gasteiger partial charge in [0.1, 0.15) is 0 Å². The molecule has 2 rings (SSSR count). The van der Waals surface area contributed by atoms with Crippen LogP contribution in [0.4, 0.5) is 18.9 Å². The zero-order valence-corrected chi connectivity index (χ0v) is 11.2. The first-order chi connectivity index (χ1) is 9.64. The number of rotatable bonds is 3. The number of halogens is 3. The third-order valence-electron chi connectivity index (χ3n) is 2.82. The third kappa shape index (κ3) is 3.20. The van der Waals surface area contributed by atoms with Gasteiger partial charge in [-0.25, -0.2) is 4.21 Å². The van der Waals surface area contributed by atoms with Gasteiger partial charge in [-0.1, -0.05) is 0 Å². The van der Waals surface area contributed by atoms with Crippen LogP contribution in [0, 0.1) is 10.1 Å². The Labute approximate surface area is 117 Å². The predicted molar refractivity (Wildman–Crippen MR) is 66.0 cm³/mol. The fraction of sp³-hybridized carbons (Fsp3) is 0.364. The summed E-state index contributed by atoms with van der Waals surface area (Å²) in [4.78, 5) is 20.7. The molecule has 114 valence electrons. The molecule has 0 bridgehead atoms. The van der Waals surface area contributed by atoms with Crippen molar-refractivity contribution in [3.63, 3.8) is 0 Å². The Balaban J connectivity index is 2.48. The first-order valence-corrected chi connectivity index (χ1v) is 7.34. The van der Waals surface area contributed by atoms with Gasteiger partial charge in [-0.3, -0.25) is 14.9 Å². The maximum absolute atomic E-state index is 12.6. The molecule has 0 heterocycles. The molecule has 1 fully saturated rings. The van der Waals surface area contributed by atoms with Crippen LogP contribution in [-0.2, 0) is 14.5 Å². The normalized spacial score (nSPS) is 17.9. The van der Waals surface area contributed by atoms with Crippen molar-refractivity contribution in [2.45, 2.75) is 29.2 Å². The lowest BCUT2D eigenvalue weighted by molar-refractivity contribution is -0.384. The predicted octanol–water partition coefficient (Wildman–Crippen LogP) is 2.67. The van der Waals surface area contributed by atoms with Crippen LogP contribution in [-0.4, -0.2) is 26.5 Å². The molecule has 0 aliphatic heterocycles. The molecule has 0 radical (unpaired) electrons. The molecular weight excluding hydrogens is 313 g/mol. The summed E-state index contributed by atoms with van der Waals surface area (Å²) in [5.74, 6) is -2.40. The summed E-state index contributed by atoms with van der Waals surface area (Å²) in [6, 6.07) is 4.19. The van der Waals surface area contributed by atoms with Crippen LogP contribution in [0.5, 0.6) is 0 Å². The van der Waals surface area contributed by atoms with E-state index in [4.69, 9.17) is 0 Å². The highest BCUT2D eigenvalue weighted by Gasteiger charge is 2.43. The smallest absolute Gasteiger partial charge is 0.261 e. The van der Waals surface area contributed by atoms with Crippen LogP contribution in [0.2, 0.25) is 0 Å².